The molecule has 0 radical (unpaired) electrons. The van der Waals surface area contributed by atoms with Gasteiger partial charge >= 0.3 is 0 Å². The van der Waals surface area contributed by atoms with E-state index < -0.39 is 0 Å². The Morgan fingerprint density at radius 2 is 2.00 bits per heavy atom. The van der Waals surface area contributed by atoms with Crippen molar-refractivity contribution in [2.24, 2.45) is 0 Å². The summed E-state index contributed by atoms with van der Waals surface area (Å²) < 4.78 is 5.41. The first kappa shape index (κ1) is 19.3. The van der Waals surface area contributed by atoms with E-state index in [1.165, 1.54) is 25.9 Å². The molecule has 27 heavy (non-hydrogen) atoms. The zero-order chi connectivity index (χ0) is 19.1. The van der Waals surface area contributed by atoms with Gasteiger partial charge in [-0.3, -0.25) is 0 Å². The Morgan fingerprint density at radius 3 is 2.74 bits per heavy atom. The Bertz CT molecular complexity index is 747. The SMILES string of the molecule is CNc1cc(C)nc(Nc2cnc(OC)c(CNCCN3CCCC3)c2)n1. The molecule has 8 heteroatoms. The van der Waals surface area contributed by atoms with Crippen LogP contribution >= 0.6 is 0 Å². The lowest BCUT2D eigenvalue weighted by atomic mass is 10.2. The fourth-order valence-corrected chi connectivity index (χ4v) is 3.22. The molecule has 2 aromatic heterocycles. The molecule has 3 N–H and O–H groups in total. The predicted molar refractivity (Wildman–Crippen MR) is 108 cm³/mol. The summed E-state index contributed by atoms with van der Waals surface area (Å²) in [4.78, 5) is 15.8. The molecule has 3 heterocycles. The summed E-state index contributed by atoms with van der Waals surface area (Å²) in [6.07, 6.45) is 4.38. The Hall–Kier alpha value is -2.45. The van der Waals surface area contributed by atoms with Gasteiger partial charge in [-0.1, -0.05) is 0 Å². The zero-order valence-electron chi connectivity index (χ0n) is 16.4. The highest BCUT2D eigenvalue weighted by Crippen LogP contribution is 2.22. The molecule has 0 saturated carbocycles. The van der Waals surface area contributed by atoms with E-state index in [0.717, 1.165) is 35.9 Å². The van der Waals surface area contributed by atoms with Crippen molar-refractivity contribution in [1.29, 1.82) is 0 Å². The molecule has 1 aliphatic rings. The van der Waals surface area contributed by atoms with Gasteiger partial charge in [0.25, 0.3) is 0 Å². The first-order chi connectivity index (χ1) is 13.2. The number of ether oxygens (including phenoxy) is 1. The maximum absolute atomic E-state index is 5.41. The van der Waals surface area contributed by atoms with Crippen molar-refractivity contribution in [3.63, 3.8) is 0 Å². The number of aromatic nitrogens is 3. The van der Waals surface area contributed by atoms with Crippen LogP contribution in [-0.4, -0.2) is 60.2 Å². The highest BCUT2D eigenvalue weighted by Gasteiger charge is 2.11. The highest BCUT2D eigenvalue weighted by atomic mass is 16.5. The van der Waals surface area contributed by atoms with E-state index in [0.29, 0.717) is 18.4 Å². The molecule has 3 rings (SSSR count). The van der Waals surface area contributed by atoms with E-state index in [9.17, 15) is 0 Å². The molecule has 8 nitrogen and oxygen atoms in total. The first-order valence-corrected chi connectivity index (χ1v) is 9.44. The predicted octanol–water partition coefficient (Wildman–Crippen LogP) is 2.16. The van der Waals surface area contributed by atoms with Gasteiger partial charge in [0.15, 0.2) is 0 Å². The third-order valence-electron chi connectivity index (χ3n) is 4.60. The molecule has 0 bridgehead atoms. The average Bonchev–Trinajstić information content (AvgIpc) is 3.18. The first-order valence-electron chi connectivity index (χ1n) is 9.44. The molecule has 1 fully saturated rings. The van der Waals surface area contributed by atoms with Crippen molar-refractivity contribution in [3.05, 3.63) is 29.6 Å². The second-order valence-electron chi connectivity index (χ2n) is 6.71. The Morgan fingerprint density at radius 1 is 1.19 bits per heavy atom. The summed E-state index contributed by atoms with van der Waals surface area (Å²) in [6, 6.07) is 3.92. The molecule has 0 aromatic carbocycles. The quantitative estimate of drug-likeness (QED) is 0.578. The van der Waals surface area contributed by atoms with Gasteiger partial charge in [0.1, 0.15) is 5.82 Å². The maximum atomic E-state index is 5.41. The van der Waals surface area contributed by atoms with Crippen molar-refractivity contribution in [3.8, 4) is 5.88 Å². The lowest BCUT2D eigenvalue weighted by molar-refractivity contribution is 0.334. The van der Waals surface area contributed by atoms with Gasteiger partial charge in [-0.15, -0.1) is 0 Å². The van der Waals surface area contributed by atoms with Crippen molar-refractivity contribution in [2.45, 2.75) is 26.3 Å². The summed E-state index contributed by atoms with van der Waals surface area (Å²) in [7, 11) is 3.48. The van der Waals surface area contributed by atoms with Crippen LogP contribution in [0.1, 0.15) is 24.1 Å². The number of methoxy groups -OCH3 is 1. The van der Waals surface area contributed by atoms with Crippen LogP contribution in [-0.2, 0) is 6.54 Å². The van der Waals surface area contributed by atoms with Crippen LogP contribution in [0.3, 0.4) is 0 Å². The Balaban J connectivity index is 1.62. The van der Waals surface area contributed by atoms with Gasteiger partial charge in [-0.2, -0.15) is 4.98 Å². The number of likely N-dealkylation sites (tertiary alicyclic amines) is 1. The number of pyridine rings is 1. The highest BCUT2D eigenvalue weighted by molar-refractivity contribution is 5.56. The minimum atomic E-state index is 0.541. The minimum absolute atomic E-state index is 0.541. The summed E-state index contributed by atoms with van der Waals surface area (Å²) in [5, 5.41) is 9.76. The number of nitrogens with one attached hydrogen (secondary N) is 3. The van der Waals surface area contributed by atoms with E-state index in [-0.39, 0.29) is 0 Å². The molecule has 0 spiro atoms. The average molecular weight is 371 g/mol. The van der Waals surface area contributed by atoms with E-state index in [1.54, 1.807) is 13.3 Å². The third kappa shape index (κ3) is 5.51. The summed E-state index contributed by atoms with van der Waals surface area (Å²) in [5.74, 6) is 1.95. The fraction of sp³-hybridized carbons (Fsp3) is 0.526. The van der Waals surface area contributed by atoms with Gasteiger partial charge in [0.2, 0.25) is 11.8 Å². The number of anilines is 3. The van der Waals surface area contributed by atoms with Crippen LogP contribution in [0.15, 0.2) is 18.3 Å². The van der Waals surface area contributed by atoms with Crippen molar-refractivity contribution in [2.75, 3.05) is 51.0 Å². The van der Waals surface area contributed by atoms with Crippen LogP contribution in [0, 0.1) is 6.92 Å². The molecule has 1 aliphatic heterocycles. The van der Waals surface area contributed by atoms with Crippen LogP contribution in [0.25, 0.3) is 0 Å². The lowest BCUT2D eigenvalue weighted by Crippen LogP contribution is -2.29. The minimum Gasteiger partial charge on any atom is -0.481 e. The summed E-state index contributed by atoms with van der Waals surface area (Å²) in [6.45, 7) is 7.12. The lowest BCUT2D eigenvalue weighted by Gasteiger charge is -2.16. The number of rotatable bonds is 9. The fourth-order valence-electron chi connectivity index (χ4n) is 3.22. The molecule has 0 aliphatic carbocycles. The second-order valence-corrected chi connectivity index (χ2v) is 6.71. The second kappa shape index (κ2) is 9.48. The van der Waals surface area contributed by atoms with Gasteiger partial charge in [-0.25, -0.2) is 9.97 Å². The van der Waals surface area contributed by atoms with Crippen molar-refractivity contribution in [1.82, 2.24) is 25.2 Å². The van der Waals surface area contributed by atoms with Crippen LogP contribution in [0.5, 0.6) is 5.88 Å². The number of nitrogens with zero attached hydrogens (tertiary/aromatic N) is 4. The van der Waals surface area contributed by atoms with E-state index in [2.05, 4.69) is 35.8 Å². The van der Waals surface area contributed by atoms with Crippen molar-refractivity contribution >= 4 is 17.5 Å². The summed E-state index contributed by atoms with van der Waals surface area (Å²) in [5.41, 5.74) is 2.73. The maximum Gasteiger partial charge on any atom is 0.229 e. The Labute approximate surface area is 160 Å². The third-order valence-corrected chi connectivity index (χ3v) is 4.60. The molecule has 146 valence electrons. The van der Waals surface area contributed by atoms with Gasteiger partial charge in [0, 0.05) is 44.0 Å². The smallest absolute Gasteiger partial charge is 0.229 e. The van der Waals surface area contributed by atoms with Gasteiger partial charge in [0.05, 0.1) is 19.0 Å². The molecule has 2 aromatic rings. The van der Waals surface area contributed by atoms with Crippen molar-refractivity contribution < 1.29 is 4.74 Å². The largest absolute Gasteiger partial charge is 0.481 e. The zero-order valence-corrected chi connectivity index (χ0v) is 16.4. The molecule has 0 amide bonds. The van der Waals surface area contributed by atoms with E-state index >= 15 is 0 Å². The molecule has 1 saturated heterocycles. The van der Waals surface area contributed by atoms with E-state index in [4.69, 9.17) is 4.74 Å². The number of aryl methyl sites for hydroxylation is 1. The van der Waals surface area contributed by atoms with Crippen LogP contribution in [0.2, 0.25) is 0 Å². The van der Waals surface area contributed by atoms with Gasteiger partial charge < -0.3 is 25.6 Å². The van der Waals surface area contributed by atoms with E-state index in [1.807, 2.05) is 26.1 Å². The summed E-state index contributed by atoms with van der Waals surface area (Å²) >= 11 is 0. The van der Waals surface area contributed by atoms with Crippen LogP contribution < -0.4 is 20.7 Å². The molecule has 0 unspecified atom stereocenters. The molecule has 0 atom stereocenters. The molecular formula is C19H29N7O. The number of hydrogen-bond donors (Lipinski definition) is 3. The molecular weight excluding hydrogens is 342 g/mol. The Kier molecular flexibility index (Phi) is 6.78. The normalized spacial score (nSPS) is 14.3. The monoisotopic (exact) mass is 371 g/mol. The topological polar surface area (TPSA) is 87.2 Å². The number of hydrogen-bond acceptors (Lipinski definition) is 8. The van der Waals surface area contributed by atoms with Crippen LogP contribution in [0.4, 0.5) is 17.5 Å². The van der Waals surface area contributed by atoms with Gasteiger partial charge in [-0.05, 0) is 38.9 Å². The standard InChI is InChI=1S/C19H29N7O/c1-14-10-17(20-2)25-19(23-14)24-16-11-15(18(27-3)22-13-16)12-21-6-9-26-7-4-5-8-26/h10-11,13,21H,4-9,12H2,1-3H3,(H2,20,23,24,25).